The Hall–Kier alpha value is -1.05. The fraction of sp³-hybridized carbons (Fsp3) is 0.222. The van der Waals surface area contributed by atoms with Crippen LogP contribution in [0.3, 0.4) is 0 Å². The molecule has 2 nitrogen and oxygen atoms in total. The fourth-order valence-corrected chi connectivity index (χ4v) is 1.56. The van der Waals surface area contributed by atoms with Crippen LogP contribution in [-0.2, 0) is 0 Å². The first-order valence-electron chi connectivity index (χ1n) is 3.80. The Labute approximate surface area is 80.5 Å². The second-order valence-corrected chi connectivity index (χ2v) is 3.53. The van der Waals surface area contributed by atoms with Gasteiger partial charge in [-0.2, -0.15) is 5.26 Å². The number of nitrogens with two attached hydrogens (primary N) is 1. The third kappa shape index (κ3) is 2.72. The van der Waals surface area contributed by atoms with Gasteiger partial charge in [-0.05, 0) is 18.2 Å². The molecule has 0 fully saturated rings. The molecule has 0 saturated carbocycles. The summed E-state index contributed by atoms with van der Waals surface area (Å²) >= 11 is 1.36. The van der Waals surface area contributed by atoms with E-state index in [4.69, 9.17) is 11.0 Å². The molecule has 0 aliphatic heterocycles. The summed E-state index contributed by atoms with van der Waals surface area (Å²) in [4.78, 5) is 0.546. The number of thioether (sulfide) groups is 1. The summed E-state index contributed by atoms with van der Waals surface area (Å²) in [5, 5.41) is 8.49. The molecule has 0 heterocycles. The molecule has 0 saturated heterocycles. The van der Waals surface area contributed by atoms with E-state index >= 15 is 0 Å². The molecule has 0 spiro atoms. The molecule has 2 N–H and O–H groups in total. The normalized spacial score (nSPS) is 9.62. The molecule has 0 bridgehead atoms. The zero-order chi connectivity index (χ0) is 9.68. The zero-order valence-electron chi connectivity index (χ0n) is 6.96. The standard InChI is InChI=1S/C9H9FN2S/c10-8-5-7(6-12)1-2-9(8)13-4-3-11/h1-2,5H,3-4,11H2. The van der Waals surface area contributed by atoms with Gasteiger partial charge in [-0.15, -0.1) is 11.8 Å². The molecule has 13 heavy (non-hydrogen) atoms. The van der Waals surface area contributed by atoms with Crippen molar-refractivity contribution in [3.8, 4) is 6.07 Å². The van der Waals surface area contributed by atoms with E-state index in [1.165, 1.54) is 17.8 Å². The molecule has 0 amide bonds. The van der Waals surface area contributed by atoms with Crippen LogP contribution in [0.25, 0.3) is 0 Å². The van der Waals surface area contributed by atoms with Crippen LogP contribution in [0.5, 0.6) is 0 Å². The van der Waals surface area contributed by atoms with E-state index in [9.17, 15) is 4.39 Å². The minimum absolute atomic E-state index is 0.342. The van der Waals surface area contributed by atoms with Crippen LogP contribution in [0.2, 0.25) is 0 Å². The Balaban J connectivity index is 2.81. The molecule has 0 radical (unpaired) electrons. The van der Waals surface area contributed by atoms with Gasteiger partial charge in [-0.1, -0.05) is 0 Å². The van der Waals surface area contributed by atoms with E-state index in [0.717, 1.165) is 0 Å². The van der Waals surface area contributed by atoms with Crippen molar-refractivity contribution in [2.75, 3.05) is 12.3 Å². The highest BCUT2D eigenvalue weighted by Crippen LogP contribution is 2.21. The minimum atomic E-state index is -0.350. The van der Waals surface area contributed by atoms with Gasteiger partial charge in [0.25, 0.3) is 0 Å². The number of halogens is 1. The molecule has 0 unspecified atom stereocenters. The van der Waals surface area contributed by atoms with E-state index < -0.39 is 0 Å². The highest BCUT2D eigenvalue weighted by molar-refractivity contribution is 7.99. The van der Waals surface area contributed by atoms with E-state index in [1.807, 2.05) is 6.07 Å². The highest BCUT2D eigenvalue weighted by atomic mass is 32.2. The first-order valence-corrected chi connectivity index (χ1v) is 4.79. The van der Waals surface area contributed by atoms with Gasteiger partial charge < -0.3 is 5.73 Å². The monoisotopic (exact) mass is 196 g/mol. The van der Waals surface area contributed by atoms with Crippen LogP contribution in [0.4, 0.5) is 4.39 Å². The van der Waals surface area contributed by atoms with Crippen LogP contribution < -0.4 is 5.73 Å². The molecule has 1 aromatic carbocycles. The topological polar surface area (TPSA) is 49.8 Å². The van der Waals surface area contributed by atoms with Crippen molar-refractivity contribution in [1.82, 2.24) is 0 Å². The number of nitrogens with zero attached hydrogens (tertiary/aromatic N) is 1. The molecular formula is C9H9FN2S. The first-order chi connectivity index (χ1) is 6.27. The van der Waals surface area contributed by atoms with Crippen LogP contribution in [0.15, 0.2) is 23.1 Å². The maximum atomic E-state index is 13.1. The first kappa shape index (κ1) is 10.0. The maximum Gasteiger partial charge on any atom is 0.138 e. The number of benzene rings is 1. The predicted octanol–water partition coefficient (Wildman–Crippen LogP) is 1.75. The van der Waals surface area contributed by atoms with Gasteiger partial charge in [-0.25, -0.2) is 4.39 Å². The lowest BCUT2D eigenvalue weighted by Gasteiger charge is -2.00. The second kappa shape index (κ2) is 4.85. The van der Waals surface area contributed by atoms with E-state index in [1.54, 1.807) is 12.1 Å². The van der Waals surface area contributed by atoms with Crippen LogP contribution in [0.1, 0.15) is 5.56 Å². The van der Waals surface area contributed by atoms with Gasteiger partial charge in [-0.3, -0.25) is 0 Å². The van der Waals surface area contributed by atoms with Crippen molar-refractivity contribution >= 4 is 11.8 Å². The molecule has 68 valence electrons. The van der Waals surface area contributed by atoms with E-state index in [0.29, 0.717) is 22.8 Å². The molecule has 0 atom stereocenters. The summed E-state index contributed by atoms with van der Waals surface area (Å²) in [5.41, 5.74) is 5.63. The predicted molar refractivity (Wildman–Crippen MR) is 50.9 cm³/mol. The van der Waals surface area contributed by atoms with Gasteiger partial charge in [0.1, 0.15) is 5.82 Å². The van der Waals surface area contributed by atoms with Gasteiger partial charge >= 0.3 is 0 Å². The van der Waals surface area contributed by atoms with Crippen molar-refractivity contribution in [2.45, 2.75) is 4.90 Å². The Morgan fingerprint density at radius 3 is 2.85 bits per heavy atom. The Kier molecular flexibility index (Phi) is 3.74. The lowest BCUT2D eigenvalue weighted by molar-refractivity contribution is 0.601. The number of hydrogen-bond acceptors (Lipinski definition) is 3. The summed E-state index contributed by atoms with van der Waals surface area (Å²) in [6.07, 6.45) is 0. The molecule has 0 aliphatic rings. The van der Waals surface area contributed by atoms with Crippen molar-refractivity contribution in [3.63, 3.8) is 0 Å². The highest BCUT2D eigenvalue weighted by Gasteiger charge is 2.02. The third-order valence-electron chi connectivity index (χ3n) is 1.44. The molecule has 0 aliphatic carbocycles. The van der Waals surface area contributed by atoms with Crippen LogP contribution in [0, 0.1) is 17.1 Å². The van der Waals surface area contributed by atoms with Crippen LogP contribution >= 0.6 is 11.8 Å². The quantitative estimate of drug-likeness (QED) is 0.749. The van der Waals surface area contributed by atoms with Gasteiger partial charge in [0.2, 0.25) is 0 Å². The lowest BCUT2D eigenvalue weighted by atomic mass is 10.2. The van der Waals surface area contributed by atoms with Gasteiger partial charge in [0.15, 0.2) is 0 Å². The van der Waals surface area contributed by atoms with Gasteiger partial charge in [0, 0.05) is 17.2 Å². The van der Waals surface area contributed by atoms with Crippen LogP contribution in [-0.4, -0.2) is 12.3 Å². The van der Waals surface area contributed by atoms with Crippen molar-refractivity contribution < 1.29 is 4.39 Å². The molecular weight excluding hydrogens is 187 g/mol. The molecule has 4 heteroatoms. The molecule has 1 rings (SSSR count). The average molecular weight is 196 g/mol. The second-order valence-electron chi connectivity index (χ2n) is 2.39. The smallest absolute Gasteiger partial charge is 0.138 e. The van der Waals surface area contributed by atoms with E-state index in [-0.39, 0.29) is 5.82 Å². The van der Waals surface area contributed by atoms with Crippen molar-refractivity contribution in [2.24, 2.45) is 5.73 Å². The number of hydrogen-bond donors (Lipinski definition) is 1. The molecule has 0 aromatic heterocycles. The molecule has 1 aromatic rings. The summed E-state index contributed by atoms with van der Waals surface area (Å²) in [7, 11) is 0. The Morgan fingerprint density at radius 1 is 1.54 bits per heavy atom. The third-order valence-corrected chi connectivity index (χ3v) is 2.52. The summed E-state index contributed by atoms with van der Waals surface area (Å²) in [6.45, 7) is 0.518. The summed E-state index contributed by atoms with van der Waals surface area (Å²) in [5.74, 6) is 0.334. The summed E-state index contributed by atoms with van der Waals surface area (Å²) < 4.78 is 13.1. The van der Waals surface area contributed by atoms with Crippen molar-refractivity contribution in [1.29, 1.82) is 5.26 Å². The van der Waals surface area contributed by atoms with Crippen molar-refractivity contribution in [3.05, 3.63) is 29.6 Å². The zero-order valence-corrected chi connectivity index (χ0v) is 7.77. The van der Waals surface area contributed by atoms with E-state index in [2.05, 4.69) is 0 Å². The summed E-state index contributed by atoms with van der Waals surface area (Å²) in [6, 6.07) is 6.32. The lowest BCUT2D eigenvalue weighted by Crippen LogP contribution is -2.01. The maximum absolute atomic E-state index is 13.1. The largest absolute Gasteiger partial charge is 0.330 e. The SMILES string of the molecule is N#Cc1ccc(SCCN)c(F)c1. The van der Waals surface area contributed by atoms with Gasteiger partial charge in [0.05, 0.1) is 11.6 Å². The Bertz CT molecular complexity index is 333. The number of nitriles is 1. The average Bonchev–Trinajstić information content (AvgIpc) is 2.16. The number of rotatable bonds is 3. The fourth-order valence-electron chi connectivity index (χ4n) is 0.856. The Morgan fingerprint density at radius 2 is 2.31 bits per heavy atom. The minimum Gasteiger partial charge on any atom is -0.330 e.